The van der Waals surface area contributed by atoms with Crippen molar-refractivity contribution in [1.29, 1.82) is 0 Å². The smallest absolute Gasteiger partial charge is 0.505 e. The van der Waals surface area contributed by atoms with Crippen molar-refractivity contribution in [2.24, 2.45) is 0 Å². The summed E-state index contributed by atoms with van der Waals surface area (Å²) < 4.78 is 64.2. The van der Waals surface area contributed by atoms with Gasteiger partial charge in [0, 0.05) is 0 Å². The fourth-order valence-electron chi connectivity index (χ4n) is 1.23. The highest BCUT2D eigenvalue weighted by atomic mass is 19.4. The number of pyridine rings is 1. The fourth-order valence-corrected chi connectivity index (χ4v) is 1.23. The van der Waals surface area contributed by atoms with Crippen molar-refractivity contribution in [2.45, 2.75) is 19.2 Å². The van der Waals surface area contributed by atoms with Crippen molar-refractivity contribution in [2.75, 3.05) is 0 Å². The Morgan fingerprint density at radius 2 is 2.00 bits per heavy atom. The molecule has 0 aliphatic carbocycles. The van der Waals surface area contributed by atoms with Crippen LogP contribution in [-0.2, 0) is 11.2 Å². The van der Waals surface area contributed by atoms with Gasteiger partial charge in [-0.15, -0.1) is 13.2 Å². The molecule has 1 aromatic rings. The lowest BCUT2D eigenvalue weighted by atomic mass is 10.1. The lowest BCUT2D eigenvalue weighted by molar-refractivity contribution is -0.275. The van der Waals surface area contributed by atoms with E-state index in [0.29, 0.717) is 0 Å². The van der Waals surface area contributed by atoms with E-state index in [0.717, 1.165) is 0 Å². The van der Waals surface area contributed by atoms with Gasteiger partial charge >= 0.3 is 12.3 Å². The normalized spacial score (nSPS) is 11.7. The van der Waals surface area contributed by atoms with Crippen LogP contribution in [0.2, 0.25) is 0 Å². The number of hydrogen-bond acceptors (Lipinski definition) is 4. The molecule has 106 valence electrons. The van der Waals surface area contributed by atoms with E-state index in [4.69, 9.17) is 5.11 Å². The molecule has 0 bridgehead atoms. The van der Waals surface area contributed by atoms with E-state index in [9.17, 15) is 31.9 Å². The minimum Gasteiger partial charge on any atom is -0.505 e. The molecule has 0 saturated heterocycles. The number of carboxylic acids is 1. The number of alkyl halides is 5. The monoisotopic (exact) mass is 287 g/mol. The average Bonchev–Trinajstić information content (AvgIpc) is 2.20. The molecule has 2 N–H and O–H groups in total. The van der Waals surface area contributed by atoms with Gasteiger partial charge in [0.1, 0.15) is 11.4 Å². The molecular weight excluding hydrogens is 281 g/mol. The minimum atomic E-state index is -5.17. The van der Waals surface area contributed by atoms with Gasteiger partial charge in [-0.2, -0.15) is 0 Å². The molecule has 0 aliphatic heterocycles. The van der Waals surface area contributed by atoms with Crippen molar-refractivity contribution in [3.05, 3.63) is 17.5 Å². The predicted octanol–water partition coefficient (Wildman–Crippen LogP) is 2.25. The van der Waals surface area contributed by atoms with Gasteiger partial charge in [-0.25, -0.2) is 13.8 Å². The summed E-state index contributed by atoms with van der Waals surface area (Å²) in [5, 5.41) is 17.8. The summed E-state index contributed by atoms with van der Waals surface area (Å²) in [6.07, 6.45) is -9.28. The Bertz CT molecular complexity index is 488. The maximum Gasteiger partial charge on any atom is 0.573 e. The maximum atomic E-state index is 12.4. The molecule has 0 saturated carbocycles. The third-order valence-corrected chi connectivity index (χ3v) is 1.91. The van der Waals surface area contributed by atoms with E-state index >= 15 is 0 Å². The number of aromatic hydroxyl groups is 1. The van der Waals surface area contributed by atoms with Crippen molar-refractivity contribution in [1.82, 2.24) is 4.98 Å². The Balaban J connectivity index is 3.31. The van der Waals surface area contributed by atoms with E-state index in [1.54, 1.807) is 0 Å². The average molecular weight is 287 g/mol. The Hall–Kier alpha value is -2.13. The standard InChI is InChI=1S/C9H6F5NO4/c10-8(11)6-7(18)3(1-5(16)17)4(2-15-6)19-9(12,13)14/h2,8,18H,1H2,(H,16,17). The van der Waals surface area contributed by atoms with Crippen LogP contribution in [0.25, 0.3) is 0 Å². The van der Waals surface area contributed by atoms with Crippen molar-refractivity contribution in [3.8, 4) is 11.5 Å². The molecule has 1 heterocycles. The fraction of sp³-hybridized carbons (Fsp3) is 0.333. The number of hydrogen-bond donors (Lipinski definition) is 2. The Labute approximate surface area is 102 Å². The second-order valence-corrected chi connectivity index (χ2v) is 3.25. The number of halogens is 5. The summed E-state index contributed by atoms with van der Waals surface area (Å²) in [5.41, 5.74) is -2.14. The zero-order chi connectivity index (χ0) is 14.8. The molecule has 1 aromatic heterocycles. The number of aromatic nitrogens is 1. The number of nitrogens with zero attached hydrogens (tertiary/aromatic N) is 1. The van der Waals surface area contributed by atoms with Crippen LogP contribution in [0.15, 0.2) is 6.20 Å². The second kappa shape index (κ2) is 5.24. The second-order valence-electron chi connectivity index (χ2n) is 3.25. The van der Waals surface area contributed by atoms with Crippen LogP contribution in [0.3, 0.4) is 0 Å². The van der Waals surface area contributed by atoms with E-state index < -0.39 is 47.9 Å². The van der Waals surface area contributed by atoms with Crippen molar-refractivity contribution >= 4 is 5.97 Å². The molecule has 0 atom stereocenters. The third-order valence-electron chi connectivity index (χ3n) is 1.91. The Morgan fingerprint density at radius 3 is 2.42 bits per heavy atom. The molecule has 0 unspecified atom stereocenters. The topological polar surface area (TPSA) is 79.7 Å². The molecule has 10 heteroatoms. The SMILES string of the molecule is O=C(O)Cc1c(OC(F)(F)F)cnc(C(F)F)c1O. The van der Waals surface area contributed by atoms with E-state index in [-0.39, 0.29) is 6.20 Å². The van der Waals surface area contributed by atoms with Crippen molar-refractivity contribution < 1.29 is 41.7 Å². The molecule has 0 fully saturated rings. The van der Waals surface area contributed by atoms with Crippen LogP contribution in [0.5, 0.6) is 11.5 Å². The molecular formula is C9H6F5NO4. The highest BCUT2D eigenvalue weighted by molar-refractivity contribution is 5.73. The van der Waals surface area contributed by atoms with E-state index in [1.165, 1.54) is 0 Å². The summed E-state index contributed by atoms with van der Waals surface area (Å²) in [6.45, 7) is 0. The summed E-state index contributed by atoms with van der Waals surface area (Å²) in [6, 6.07) is 0. The van der Waals surface area contributed by atoms with Gasteiger partial charge in [-0.1, -0.05) is 0 Å². The highest BCUT2D eigenvalue weighted by Crippen LogP contribution is 2.37. The van der Waals surface area contributed by atoms with Gasteiger partial charge in [-0.3, -0.25) is 4.79 Å². The zero-order valence-electron chi connectivity index (χ0n) is 8.91. The molecule has 0 amide bonds. The van der Waals surface area contributed by atoms with Crippen LogP contribution in [0.4, 0.5) is 22.0 Å². The molecule has 0 aliphatic rings. The van der Waals surface area contributed by atoms with Crippen LogP contribution in [-0.4, -0.2) is 27.5 Å². The first-order chi connectivity index (χ1) is 8.61. The van der Waals surface area contributed by atoms with Gasteiger partial charge in [0.25, 0.3) is 6.43 Å². The van der Waals surface area contributed by atoms with Gasteiger partial charge < -0.3 is 14.9 Å². The third kappa shape index (κ3) is 3.93. The summed E-state index contributed by atoms with van der Waals surface area (Å²) >= 11 is 0. The molecule has 5 nitrogen and oxygen atoms in total. The van der Waals surface area contributed by atoms with Crippen LogP contribution < -0.4 is 4.74 Å². The van der Waals surface area contributed by atoms with Gasteiger partial charge in [0.2, 0.25) is 0 Å². The lowest BCUT2D eigenvalue weighted by Gasteiger charge is -2.14. The maximum absolute atomic E-state index is 12.4. The molecule has 0 radical (unpaired) electrons. The number of rotatable bonds is 4. The summed E-state index contributed by atoms with van der Waals surface area (Å²) in [7, 11) is 0. The van der Waals surface area contributed by atoms with Gasteiger partial charge in [-0.05, 0) is 0 Å². The van der Waals surface area contributed by atoms with Gasteiger partial charge in [0.05, 0.1) is 18.2 Å². The van der Waals surface area contributed by atoms with Crippen molar-refractivity contribution in [3.63, 3.8) is 0 Å². The van der Waals surface area contributed by atoms with Gasteiger partial charge in [0.15, 0.2) is 5.75 Å². The highest BCUT2D eigenvalue weighted by Gasteiger charge is 2.34. The number of carboxylic acid groups (broad SMARTS) is 1. The Morgan fingerprint density at radius 1 is 1.42 bits per heavy atom. The summed E-state index contributed by atoms with van der Waals surface area (Å²) in [4.78, 5) is 13.4. The first kappa shape index (κ1) is 14.9. The van der Waals surface area contributed by atoms with Crippen LogP contribution in [0.1, 0.15) is 17.7 Å². The lowest BCUT2D eigenvalue weighted by Crippen LogP contribution is -2.19. The molecule has 0 aromatic carbocycles. The quantitative estimate of drug-likeness (QED) is 0.830. The van der Waals surface area contributed by atoms with E-state index in [2.05, 4.69) is 9.72 Å². The molecule has 19 heavy (non-hydrogen) atoms. The number of carbonyl (C=O) groups is 1. The van der Waals surface area contributed by atoms with E-state index in [1.807, 2.05) is 0 Å². The first-order valence-electron chi connectivity index (χ1n) is 4.58. The Kier molecular flexibility index (Phi) is 4.12. The zero-order valence-corrected chi connectivity index (χ0v) is 8.91. The largest absolute Gasteiger partial charge is 0.573 e. The summed E-state index contributed by atoms with van der Waals surface area (Å²) in [5.74, 6) is -4.11. The minimum absolute atomic E-state index is 0.285. The van der Waals surface area contributed by atoms with Crippen LogP contribution in [0, 0.1) is 0 Å². The number of aliphatic carboxylic acids is 1. The predicted molar refractivity (Wildman–Crippen MR) is 48.9 cm³/mol. The number of ether oxygens (including phenoxy) is 1. The first-order valence-corrected chi connectivity index (χ1v) is 4.58. The molecule has 0 spiro atoms. The van der Waals surface area contributed by atoms with Crippen LogP contribution >= 0.6 is 0 Å². The molecule has 1 rings (SSSR count).